The zero-order valence-electron chi connectivity index (χ0n) is 14.6. The fourth-order valence-corrected chi connectivity index (χ4v) is 2.41. The molecule has 0 saturated carbocycles. The van der Waals surface area contributed by atoms with Gasteiger partial charge in [0.2, 0.25) is 5.78 Å². The highest BCUT2D eigenvalue weighted by Gasteiger charge is 2.15. The molecule has 7 heteroatoms. The molecule has 7 nitrogen and oxygen atoms in total. The van der Waals surface area contributed by atoms with Gasteiger partial charge in [-0.1, -0.05) is 24.3 Å². The maximum Gasteiger partial charge on any atom is 0.325 e. The van der Waals surface area contributed by atoms with Crippen molar-refractivity contribution in [3.8, 4) is 5.75 Å². The Hall–Kier alpha value is -3.61. The van der Waals surface area contributed by atoms with Crippen molar-refractivity contribution in [2.45, 2.75) is 0 Å². The van der Waals surface area contributed by atoms with Crippen molar-refractivity contribution < 1.29 is 28.3 Å². The molecule has 1 heterocycles. The van der Waals surface area contributed by atoms with Gasteiger partial charge in [-0.05, 0) is 30.3 Å². The molecular formula is C20H17NO6. The van der Waals surface area contributed by atoms with E-state index in [2.05, 4.69) is 5.32 Å². The van der Waals surface area contributed by atoms with E-state index in [9.17, 15) is 14.4 Å². The van der Waals surface area contributed by atoms with Gasteiger partial charge in [-0.3, -0.25) is 14.4 Å². The second-order valence-corrected chi connectivity index (χ2v) is 5.65. The molecule has 2 aromatic carbocycles. The number of hydrogen-bond donors (Lipinski definition) is 1. The van der Waals surface area contributed by atoms with E-state index in [0.29, 0.717) is 16.9 Å². The molecule has 1 amide bonds. The van der Waals surface area contributed by atoms with E-state index in [0.717, 1.165) is 5.39 Å². The number of carbonyl (C=O) groups is 3. The smallest absolute Gasteiger partial charge is 0.325 e. The molecule has 3 aromatic rings. The molecule has 3 rings (SSSR count). The Labute approximate surface area is 154 Å². The molecule has 0 saturated heterocycles. The average Bonchev–Trinajstić information content (AvgIpc) is 3.14. The number of rotatable bonds is 7. The zero-order valence-corrected chi connectivity index (χ0v) is 14.6. The van der Waals surface area contributed by atoms with Gasteiger partial charge in [-0.15, -0.1) is 0 Å². The van der Waals surface area contributed by atoms with E-state index in [4.69, 9.17) is 13.9 Å². The van der Waals surface area contributed by atoms with Crippen LogP contribution in [0.5, 0.6) is 5.75 Å². The minimum Gasteiger partial charge on any atom is -0.497 e. The monoisotopic (exact) mass is 367 g/mol. The minimum atomic E-state index is -0.726. The third-order valence-electron chi connectivity index (χ3n) is 3.79. The number of furan rings is 1. The normalized spacial score (nSPS) is 10.4. The Bertz CT molecular complexity index is 958. The summed E-state index contributed by atoms with van der Waals surface area (Å²) in [5.74, 6) is -0.991. The summed E-state index contributed by atoms with van der Waals surface area (Å²) >= 11 is 0. The molecule has 0 fully saturated rings. The number of ketones is 1. The van der Waals surface area contributed by atoms with Crippen LogP contribution in [0.1, 0.15) is 20.9 Å². The average molecular weight is 367 g/mol. The van der Waals surface area contributed by atoms with E-state index in [-0.39, 0.29) is 12.3 Å². The molecule has 138 valence electrons. The first kappa shape index (κ1) is 18.2. The molecule has 0 spiro atoms. The second kappa shape index (κ2) is 8.18. The predicted molar refractivity (Wildman–Crippen MR) is 96.8 cm³/mol. The van der Waals surface area contributed by atoms with Crippen LogP contribution >= 0.6 is 0 Å². The first-order chi connectivity index (χ1) is 13.1. The number of ether oxygens (including phenoxy) is 2. The Morgan fingerprint density at radius 3 is 2.63 bits per heavy atom. The summed E-state index contributed by atoms with van der Waals surface area (Å²) in [6.45, 7) is -0.822. The quantitative estimate of drug-likeness (QED) is 0.509. The number of para-hydroxylation sites is 1. The number of Topliss-reactive ketones (excluding diaryl/α,β-unsaturated/α-hetero) is 1. The van der Waals surface area contributed by atoms with E-state index >= 15 is 0 Å². The topological polar surface area (TPSA) is 94.8 Å². The van der Waals surface area contributed by atoms with E-state index < -0.39 is 24.3 Å². The van der Waals surface area contributed by atoms with Gasteiger partial charge in [-0.2, -0.15) is 0 Å². The second-order valence-electron chi connectivity index (χ2n) is 5.65. The summed E-state index contributed by atoms with van der Waals surface area (Å²) in [7, 11) is 1.49. The van der Waals surface area contributed by atoms with E-state index in [1.807, 2.05) is 12.1 Å². The Morgan fingerprint density at radius 2 is 1.85 bits per heavy atom. The van der Waals surface area contributed by atoms with Crippen molar-refractivity contribution in [1.29, 1.82) is 0 Å². The van der Waals surface area contributed by atoms with Gasteiger partial charge in [0.05, 0.1) is 7.11 Å². The number of nitrogens with one attached hydrogen (secondary N) is 1. The van der Waals surface area contributed by atoms with Crippen LogP contribution in [0.2, 0.25) is 0 Å². The van der Waals surface area contributed by atoms with Gasteiger partial charge in [-0.25, -0.2) is 0 Å². The molecule has 0 atom stereocenters. The number of hydrogen-bond acceptors (Lipinski definition) is 6. The lowest BCUT2D eigenvalue weighted by atomic mass is 10.2. The summed E-state index contributed by atoms with van der Waals surface area (Å²) in [6.07, 6.45) is 0. The number of carbonyl (C=O) groups excluding carboxylic acids is 3. The lowest BCUT2D eigenvalue weighted by Gasteiger charge is -2.06. The molecule has 27 heavy (non-hydrogen) atoms. The third-order valence-corrected chi connectivity index (χ3v) is 3.79. The predicted octanol–water partition coefficient (Wildman–Crippen LogP) is 2.60. The largest absolute Gasteiger partial charge is 0.497 e. The molecule has 0 aliphatic rings. The van der Waals surface area contributed by atoms with Crippen molar-refractivity contribution in [3.63, 3.8) is 0 Å². The summed E-state index contributed by atoms with van der Waals surface area (Å²) in [6, 6.07) is 15.3. The van der Waals surface area contributed by atoms with Crippen molar-refractivity contribution >= 4 is 28.6 Å². The highest BCUT2D eigenvalue weighted by Crippen LogP contribution is 2.19. The van der Waals surface area contributed by atoms with Crippen LogP contribution in [-0.2, 0) is 9.53 Å². The van der Waals surface area contributed by atoms with Crippen molar-refractivity contribution in [1.82, 2.24) is 5.32 Å². The maximum absolute atomic E-state index is 12.1. The van der Waals surface area contributed by atoms with Crippen molar-refractivity contribution in [2.24, 2.45) is 0 Å². The van der Waals surface area contributed by atoms with Gasteiger partial charge in [0.1, 0.15) is 17.9 Å². The van der Waals surface area contributed by atoms with Crippen LogP contribution in [0.3, 0.4) is 0 Å². The van der Waals surface area contributed by atoms with Gasteiger partial charge >= 0.3 is 5.97 Å². The fourth-order valence-electron chi connectivity index (χ4n) is 2.41. The maximum atomic E-state index is 12.1. The highest BCUT2D eigenvalue weighted by molar-refractivity contribution is 5.99. The first-order valence-electron chi connectivity index (χ1n) is 8.16. The van der Waals surface area contributed by atoms with Crippen molar-refractivity contribution in [3.05, 3.63) is 65.9 Å². The minimum absolute atomic E-state index is 0.115. The van der Waals surface area contributed by atoms with Crippen LogP contribution in [0, 0.1) is 0 Å². The number of esters is 1. The molecule has 0 radical (unpaired) electrons. The molecule has 0 bridgehead atoms. The number of methoxy groups -OCH3 is 1. The van der Waals surface area contributed by atoms with Gasteiger partial charge in [0.15, 0.2) is 12.4 Å². The Morgan fingerprint density at radius 1 is 1.04 bits per heavy atom. The van der Waals surface area contributed by atoms with Crippen LogP contribution < -0.4 is 10.1 Å². The van der Waals surface area contributed by atoms with Crippen LogP contribution in [0.15, 0.2) is 59.0 Å². The standard InChI is InChI=1S/C20H17NO6/c1-25-15-7-4-6-14(9-15)20(24)21-11-19(23)26-12-16(22)18-10-13-5-2-3-8-17(13)27-18/h2-10H,11-12H2,1H3,(H,21,24). The van der Waals surface area contributed by atoms with E-state index in [1.165, 1.54) is 7.11 Å². The number of benzene rings is 2. The molecule has 1 aromatic heterocycles. The first-order valence-corrected chi connectivity index (χ1v) is 8.16. The molecule has 0 aliphatic carbocycles. The number of amides is 1. The summed E-state index contributed by atoms with van der Waals surface area (Å²) < 4.78 is 15.4. The van der Waals surface area contributed by atoms with Crippen LogP contribution in [0.4, 0.5) is 0 Å². The SMILES string of the molecule is COc1cccc(C(=O)NCC(=O)OCC(=O)c2cc3ccccc3o2)c1. The van der Waals surface area contributed by atoms with Crippen LogP contribution in [-0.4, -0.2) is 37.9 Å². The molecule has 1 N–H and O–H groups in total. The number of fused-ring (bicyclic) bond motifs is 1. The lowest BCUT2D eigenvalue weighted by molar-refractivity contribution is -0.141. The van der Waals surface area contributed by atoms with Gasteiger partial charge in [0, 0.05) is 10.9 Å². The summed E-state index contributed by atoms with van der Waals surface area (Å²) in [5, 5.41) is 3.22. The Kier molecular flexibility index (Phi) is 5.51. The summed E-state index contributed by atoms with van der Waals surface area (Å²) in [4.78, 5) is 35.9. The van der Waals surface area contributed by atoms with E-state index in [1.54, 1.807) is 42.5 Å². The molecule has 0 unspecified atom stereocenters. The van der Waals surface area contributed by atoms with Crippen LogP contribution in [0.25, 0.3) is 11.0 Å². The highest BCUT2D eigenvalue weighted by atomic mass is 16.5. The van der Waals surface area contributed by atoms with Gasteiger partial charge in [0.25, 0.3) is 5.91 Å². The summed E-state index contributed by atoms with van der Waals surface area (Å²) in [5.41, 5.74) is 0.929. The fraction of sp³-hybridized carbons (Fsp3) is 0.150. The third kappa shape index (κ3) is 4.52. The van der Waals surface area contributed by atoms with Gasteiger partial charge < -0.3 is 19.2 Å². The Balaban J connectivity index is 1.49. The lowest BCUT2D eigenvalue weighted by Crippen LogP contribution is -2.31. The molecular weight excluding hydrogens is 350 g/mol. The molecule has 0 aliphatic heterocycles. The van der Waals surface area contributed by atoms with Crippen molar-refractivity contribution in [2.75, 3.05) is 20.3 Å². The zero-order chi connectivity index (χ0) is 19.2.